The molecule has 0 radical (unpaired) electrons. The van der Waals surface area contributed by atoms with Crippen LogP contribution in [0.1, 0.15) is 10.7 Å². The van der Waals surface area contributed by atoms with Crippen molar-refractivity contribution in [1.29, 1.82) is 0 Å². The first-order valence-corrected chi connectivity index (χ1v) is 8.01. The van der Waals surface area contributed by atoms with Crippen LogP contribution in [0.5, 0.6) is 0 Å². The maximum Gasteiger partial charge on any atom is 0.260 e. The van der Waals surface area contributed by atoms with Crippen LogP contribution >= 0.6 is 27.3 Å². The van der Waals surface area contributed by atoms with Gasteiger partial charge >= 0.3 is 0 Å². The molecule has 0 amide bonds. The molecule has 0 bridgehead atoms. The van der Waals surface area contributed by atoms with Gasteiger partial charge in [0.2, 0.25) is 5.03 Å². The quantitative estimate of drug-likeness (QED) is 0.880. The Kier molecular flexibility index (Phi) is 3.80. The number of nitrogens with one attached hydrogen (secondary N) is 1. The molecule has 7 nitrogen and oxygen atoms in total. The van der Waals surface area contributed by atoms with E-state index in [0.717, 1.165) is 5.01 Å². The van der Waals surface area contributed by atoms with E-state index in [4.69, 9.17) is 0 Å². The average molecular weight is 352 g/mol. The lowest BCUT2D eigenvalue weighted by Crippen LogP contribution is -2.25. The Bertz CT molecular complexity index is 643. The van der Waals surface area contributed by atoms with Gasteiger partial charge in [0.05, 0.1) is 17.2 Å². The van der Waals surface area contributed by atoms with E-state index in [1.54, 1.807) is 0 Å². The van der Waals surface area contributed by atoms with Crippen molar-refractivity contribution in [3.8, 4) is 0 Å². The third kappa shape index (κ3) is 2.76. The van der Waals surface area contributed by atoms with Crippen molar-refractivity contribution in [2.45, 2.75) is 18.5 Å². The first-order chi connectivity index (χ1) is 8.40. The van der Waals surface area contributed by atoms with E-state index in [1.165, 1.54) is 23.1 Å². The van der Waals surface area contributed by atoms with Crippen LogP contribution < -0.4 is 4.72 Å². The Morgan fingerprint density at radius 1 is 1.56 bits per heavy atom. The van der Waals surface area contributed by atoms with Crippen LogP contribution in [0.2, 0.25) is 0 Å². The molecule has 2 heterocycles. The third-order valence-corrected chi connectivity index (χ3v) is 5.21. The van der Waals surface area contributed by atoms with E-state index >= 15 is 0 Å². The molecule has 0 aliphatic carbocycles. The number of sulfonamides is 1. The number of nitrogens with zero attached hydrogens (tertiary/aromatic N) is 4. The molecule has 10 heteroatoms. The van der Waals surface area contributed by atoms with Crippen molar-refractivity contribution in [3.63, 3.8) is 0 Å². The smallest absolute Gasteiger partial charge is 0.245 e. The standard InChI is InChI=1S/C8H10BrN5O2S2/c1-5-11-6(4-17-5)3-10-18(15,16)8-7(9)12-13-14(8)2/h4,10H,3H2,1-2H3. The fourth-order valence-corrected chi connectivity index (χ4v) is 4.04. The second kappa shape index (κ2) is 5.03. The number of thiazole rings is 1. The molecule has 2 rings (SSSR count). The van der Waals surface area contributed by atoms with Crippen LogP contribution in [0.3, 0.4) is 0 Å². The zero-order valence-corrected chi connectivity index (χ0v) is 12.8. The zero-order valence-electron chi connectivity index (χ0n) is 9.58. The molecular formula is C8H10BrN5O2S2. The summed E-state index contributed by atoms with van der Waals surface area (Å²) in [5.74, 6) is 0. The predicted molar refractivity (Wildman–Crippen MR) is 69.6 cm³/mol. The number of aromatic nitrogens is 4. The van der Waals surface area contributed by atoms with E-state index in [1.807, 2.05) is 12.3 Å². The van der Waals surface area contributed by atoms with Crippen LogP contribution in [0.4, 0.5) is 0 Å². The summed E-state index contributed by atoms with van der Waals surface area (Å²) < 4.78 is 27.9. The van der Waals surface area contributed by atoms with Gasteiger partial charge in [-0.3, -0.25) is 0 Å². The molecule has 18 heavy (non-hydrogen) atoms. The first kappa shape index (κ1) is 13.6. The van der Waals surface area contributed by atoms with E-state index < -0.39 is 10.0 Å². The average Bonchev–Trinajstić information content (AvgIpc) is 2.83. The van der Waals surface area contributed by atoms with Gasteiger partial charge < -0.3 is 0 Å². The summed E-state index contributed by atoms with van der Waals surface area (Å²) in [4.78, 5) is 4.18. The normalized spacial score (nSPS) is 11.9. The van der Waals surface area contributed by atoms with Crippen molar-refractivity contribution < 1.29 is 8.42 Å². The van der Waals surface area contributed by atoms with Crippen molar-refractivity contribution in [3.05, 3.63) is 20.7 Å². The lowest BCUT2D eigenvalue weighted by molar-refractivity contribution is 0.559. The fraction of sp³-hybridized carbons (Fsp3) is 0.375. The minimum absolute atomic E-state index is 0.00514. The number of halogens is 1. The minimum atomic E-state index is -3.66. The summed E-state index contributed by atoms with van der Waals surface area (Å²) >= 11 is 4.53. The van der Waals surface area contributed by atoms with Gasteiger partial charge in [0.15, 0.2) is 4.60 Å². The molecule has 0 aliphatic rings. The molecule has 2 aromatic rings. The zero-order chi connectivity index (χ0) is 13.3. The monoisotopic (exact) mass is 351 g/mol. The summed E-state index contributed by atoms with van der Waals surface area (Å²) in [5, 5.41) is 9.97. The molecule has 0 fully saturated rings. The second-order valence-corrected chi connectivity index (χ2v) is 6.99. The topological polar surface area (TPSA) is 89.8 Å². The SMILES string of the molecule is Cc1nc(CNS(=O)(=O)c2c(Br)nnn2C)cs1. The maximum absolute atomic E-state index is 12.0. The summed E-state index contributed by atoms with van der Waals surface area (Å²) in [6, 6.07) is 0. The van der Waals surface area contributed by atoms with Gasteiger partial charge in [0.1, 0.15) is 0 Å². The van der Waals surface area contributed by atoms with Gasteiger partial charge in [-0.2, -0.15) is 0 Å². The van der Waals surface area contributed by atoms with E-state index in [2.05, 4.69) is 35.9 Å². The Morgan fingerprint density at radius 3 is 2.78 bits per heavy atom. The molecule has 0 aromatic carbocycles. The first-order valence-electron chi connectivity index (χ1n) is 4.86. The lowest BCUT2D eigenvalue weighted by atomic mass is 10.5. The lowest BCUT2D eigenvalue weighted by Gasteiger charge is -2.04. The van der Waals surface area contributed by atoms with Crippen LogP contribution in [-0.2, 0) is 23.6 Å². The summed E-state index contributed by atoms with van der Waals surface area (Å²) in [5.41, 5.74) is 0.687. The third-order valence-electron chi connectivity index (χ3n) is 2.10. The number of hydrogen-bond acceptors (Lipinski definition) is 6. The highest BCUT2D eigenvalue weighted by Crippen LogP contribution is 2.18. The fourth-order valence-electron chi connectivity index (χ4n) is 1.33. The second-order valence-electron chi connectivity index (χ2n) is 3.49. The molecule has 1 N–H and O–H groups in total. The van der Waals surface area contributed by atoms with Gasteiger partial charge in [0.25, 0.3) is 10.0 Å². The number of hydrogen-bond donors (Lipinski definition) is 1. The van der Waals surface area contributed by atoms with Gasteiger partial charge in [-0.15, -0.1) is 16.4 Å². The molecule has 98 valence electrons. The molecule has 2 aromatic heterocycles. The number of rotatable bonds is 4. The van der Waals surface area contributed by atoms with Crippen molar-refractivity contribution in [1.82, 2.24) is 24.7 Å². The van der Waals surface area contributed by atoms with E-state index in [9.17, 15) is 8.42 Å². The largest absolute Gasteiger partial charge is 0.260 e. The molecular weight excluding hydrogens is 342 g/mol. The predicted octanol–water partition coefficient (Wildman–Crippen LogP) is 0.821. The molecule has 0 saturated carbocycles. The maximum atomic E-state index is 12.0. The Morgan fingerprint density at radius 2 is 2.28 bits per heavy atom. The van der Waals surface area contributed by atoms with Crippen LogP contribution in [-0.4, -0.2) is 28.4 Å². The molecule has 0 atom stereocenters. The highest BCUT2D eigenvalue weighted by molar-refractivity contribution is 9.10. The summed E-state index contributed by atoms with van der Waals surface area (Å²) in [7, 11) is -2.15. The molecule has 0 unspecified atom stereocenters. The number of aryl methyl sites for hydroxylation is 2. The Hall–Kier alpha value is -0.840. The molecule has 0 saturated heterocycles. The van der Waals surface area contributed by atoms with Crippen LogP contribution in [0.25, 0.3) is 0 Å². The van der Waals surface area contributed by atoms with Gasteiger partial charge in [0, 0.05) is 12.4 Å². The summed E-state index contributed by atoms with van der Waals surface area (Å²) in [6.45, 7) is 2.01. The van der Waals surface area contributed by atoms with Crippen LogP contribution in [0, 0.1) is 6.92 Å². The minimum Gasteiger partial charge on any atom is -0.245 e. The van der Waals surface area contributed by atoms with Gasteiger partial charge in [-0.05, 0) is 22.9 Å². The Balaban J connectivity index is 2.18. The van der Waals surface area contributed by atoms with E-state index in [-0.39, 0.29) is 16.2 Å². The van der Waals surface area contributed by atoms with Gasteiger partial charge in [-0.1, -0.05) is 5.21 Å². The van der Waals surface area contributed by atoms with Crippen molar-refractivity contribution >= 4 is 37.3 Å². The van der Waals surface area contributed by atoms with Crippen LogP contribution in [0.15, 0.2) is 15.0 Å². The van der Waals surface area contributed by atoms with Crippen molar-refractivity contribution in [2.24, 2.45) is 7.05 Å². The van der Waals surface area contributed by atoms with Crippen molar-refractivity contribution in [2.75, 3.05) is 0 Å². The summed E-state index contributed by atoms with van der Waals surface area (Å²) in [6.07, 6.45) is 0. The highest BCUT2D eigenvalue weighted by atomic mass is 79.9. The highest BCUT2D eigenvalue weighted by Gasteiger charge is 2.23. The Labute approximate surface area is 116 Å². The molecule has 0 spiro atoms. The van der Waals surface area contributed by atoms with E-state index in [0.29, 0.717) is 5.69 Å². The molecule has 0 aliphatic heterocycles. The van der Waals surface area contributed by atoms with Gasteiger partial charge in [-0.25, -0.2) is 22.8 Å².